The van der Waals surface area contributed by atoms with Gasteiger partial charge in [-0.15, -0.1) is 0 Å². The fraction of sp³-hybridized carbons (Fsp3) is 0.219. The SMILES string of the molecule is CC(C)[C@@H](C[P+](c1ccccc1)(c1ccccc1)c1ccccc1)NC(=O)c1cc(C(F)(F)F)cc(C(F)(F)F)c1.[Br-]. The van der Waals surface area contributed by atoms with Crippen LogP contribution >= 0.6 is 7.26 Å². The van der Waals surface area contributed by atoms with E-state index in [4.69, 9.17) is 0 Å². The third-order valence-corrected chi connectivity index (χ3v) is 11.5. The lowest BCUT2D eigenvalue weighted by Crippen LogP contribution is -3.00. The number of hydrogen-bond donors (Lipinski definition) is 1. The molecule has 0 aromatic heterocycles. The van der Waals surface area contributed by atoms with Gasteiger partial charge in [0.25, 0.3) is 5.91 Å². The van der Waals surface area contributed by atoms with Gasteiger partial charge in [-0.1, -0.05) is 68.4 Å². The Hall–Kier alpha value is -3.16. The molecule has 1 N–H and O–H groups in total. The lowest BCUT2D eigenvalue weighted by molar-refractivity contribution is -0.143. The monoisotopic (exact) mass is 667 g/mol. The molecule has 2 nitrogen and oxygen atoms in total. The van der Waals surface area contributed by atoms with Crippen LogP contribution in [0.2, 0.25) is 0 Å². The standard InChI is InChI=1S/C32H28F6NOP.BrH/c1-22(2)29(39-30(40)23-18-24(31(33,34)35)20-25(19-23)32(36,37)38)21-41(26-12-6-3-7-13-26,27-14-8-4-9-15-27)28-16-10-5-11-17-28;/h3-20,22,29H,21H2,1-2H3;1H/t29-;/m1./s1. The van der Waals surface area contributed by atoms with Gasteiger partial charge in [-0.05, 0) is 60.5 Å². The lowest BCUT2D eigenvalue weighted by Gasteiger charge is -2.33. The zero-order chi connectivity index (χ0) is 29.8. The summed E-state index contributed by atoms with van der Waals surface area (Å²) in [4.78, 5) is 13.4. The van der Waals surface area contributed by atoms with E-state index in [0.717, 1.165) is 15.9 Å². The molecule has 0 bridgehead atoms. The van der Waals surface area contributed by atoms with Gasteiger partial charge in [0, 0.05) is 5.56 Å². The quantitative estimate of drug-likeness (QED) is 0.218. The molecule has 4 rings (SSSR count). The third kappa shape index (κ3) is 7.42. The van der Waals surface area contributed by atoms with Gasteiger partial charge in [-0.2, -0.15) is 26.3 Å². The topological polar surface area (TPSA) is 29.1 Å². The van der Waals surface area contributed by atoms with E-state index in [9.17, 15) is 31.1 Å². The Morgan fingerprint density at radius 3 is 1.33 bits per heavy atom. The van der Waals surface area contributed by atoms with E-state index >= 15 is 0 Å². The van der Waals surface area contributed by atoms with Crippen LogP contribution in [-0.2, 0) is 12.4 Å². The highest BCUT2D eigenvalue weighted by atomic mass is 79.9. The van der Waals surface area contributed by atoms with Crippen LogP contribution < -0.4 is 38.2 Å². The Balaban J connectivity index is 0.00000484. The van der Waals surface area contributed by atoms with Crippen LogP contribution in [0.3, 0.4) is 0 Å². The van der Waals surface area contributed by atoms with Crippen molar-refractivity contribution in [3.05, 3.63) is 126 Å². The van der Waals surface area contributed by atoms with Crippen LogP contribution in [0.1, 0.15) is 35.3 Å². The van der Waals surface area contributed by atoms with Gasteiger partial charge in [-0.25, -0.2) is 0 Å². The smallest absolute Gasteiger partial charge is 0.416 e. The average Bonchev–Trinajstić information content (AvgIpc) is 2.95. The van der Waals surface area contributed by atoms with Crippen LogP contribution in [0.5, 0.6) is 0 Å². The Bertz CT molecular complexity index is 1330. The second kappa shape index (κ2) is 13.4. The molecule has 1 atom stereocenters. The molecule has 0 fully saturated rings. The van der Waals surface area contributed by atoms with Crippen molar-refractivity contribution in [2.45, 2.75) is 32.2 Å². The van der Waals surface area contributed by atoms with Crippen LogP contribution in [0.15, 0.2) is 109 Å². The summed E-state index contributed by atoms with van der Waals surface area (Å²) in [5, 5.41) is 5.92. The molecule has 1 amide bonds. The number of hydrogen-bond acceptors (Lipinski definition) is 1. The van der Waals surface area contributed by atoms with Crippen LogP contribution in [-0.4, -0.2) is 18.1 Å². The number of nitrogens with one attached hydrogen (secondary N) is 1. The summed E-state index contributed by atoms with van der Waals surface area (Å²) in [7, 11) is -2.46. The molecule has 0 unspecified atom stereocenters. The van der Waals surface area contributed by atoms with Crippen molar-refractivity contribution in [1.82, 2.24) is 5.32 Å². The van der Waals surface area contributed by atoms with Crippen molar-refractivity contribution in [2.75, 3.05) is 6.16 Å². The second-order valence-electron chi connectivity index (χ2n) is 10.1. The average molecular weight is 668 g/mol. The minimum absolute atomic E-state index is 0. The Labute approximate surface area is 252 Å². The van der Waals surface area contributed by atoms with E-state index in [0.29, 0.717) is 18.3 Å². The van der Waals surface area contributed by atoms with Crippen molar-refractivity contribution in [2.24, 2.45) is 5.92 Å². The summed E-state index contributed by atoms with van der Waals surface area (Å²) in [6.45, 7) is 3.74. The number of halogens is 7. The molecule has 10 heteroatoms. The van der Waals surface area contributed by atoms with Gasteiger partial charge < -0.3 is 22.3 Å². The molecule has 4 aromatic rings. The number of alkyl halides is 6. The number of amides is 1. The van der Waals surface area contributed by atoms with Crippen LogP contribution in [0, 0.1) is 5.92 Å². The second-order valence-corrected chi connectivity index (χ2v) is 13.7. The molecular weight excluding hydrogens is 639 g/mol. The summed E-state index contributed by atoms with van der Waals surface area (Å²) in [6, 6.07) is 29.8. The minimum Gasteiger partial charge on any atom is -1.00 e. The van der Waals surface area contributed by atoms with Gasteiger partial charge in [0.1, 0.15) is 23.2 Å². The fourth-order valence-electron chi connectivity index (χ4n) is 4.87. The lowest BCUT2D eigenvalue weighted by atomic mass is 10.0. The van der Waals surface area contributed by atoms with Gasteiger partial charge in [0.05, 0.1) is 23.3 Å². The summed E-state index contributed by atoms with van der Waals surface area (Å²) < 4.78 is 80.9. The predicted octanol–water partition coefficient (Wildman–Crippen LogP) is 4.48. The number of rotatable bonds is 8. The number of carbonyl (C=O) groups is 1. The summed E-state index contributed by atoms with van der Waals surface area (Å²) in [5.74, 6) is -1.19. The van der Waals surface area contributed by atoms with E-state index in [1.807, 2.05) is 105 Å². The van der Waals surface area contributed by atoms with Gasteiger partial charge in [0.2, 0.25) is 0 Å². The van der Waals surface area contributed by atoms with Crippen molar-refractivity contribution in [3.8, 4) is 0 Å². The normalized spacial score (nSPS) is 12.9. The Kier molecular flexibility index (Phi) is 10.7. The summed E-state index contributed by atoms with van der Waals surface area (Å²) >= 11 is 0. The number of benzene rings is 4. The zero-order valence-electron chi connectivity index (χ0n) is 22.8. The Morgan fingerprint density at radius 2 is 1.02 bits per heavy atom. The first-order valence-corrected chi connectivity index (χ1v) is 14.9. The highest BCUT2D eigenvalue weighted by molar-refractivity contribution is 7.95. The maximum absolute atomic E-state index is 13.5. The third-order valence-electron chi connectivity index (χ3n) is 7.03. The van der Waals surface area contributed by atoms with Crippen molar-refractivity contribution in [1.29, 1.82) is 0 Å². The van der Waals surface area contributed by atoms with E-state index < -0.39 is 48.3 Å². The molecule has 0 radical (unpaired) electrons. The molecule has 0 saturated heterocycles. The van der Waals surface area contributed by atoms with E-state index in [1.165, 1.54) is 0 Å². The van der Waals surface area contributed by atoms with Crippen LogP contribution in [0.4, 0.5) is 26.3 Å². The summed E-state index contributed by atoms with van der Waals surface area (Å²) in [5.41, 5.74) is -3.75. The molecular formula is C32H29BrF6NOP. The molecule has 0 aliphatic heterocycles. The number of carbonyl (C=O) groups excluding carboxylic acids is 1. The largest absolute Gasteiger partial charge is 1.00 e. The summed E-state index contributed by atoms with van der Waals surface area (Å²) in [6.07, 6.45) is -9.70. The first kappa shape index (κ1) is 33.3. The van der Waals surface area contributed by atoms with Gasteiger partial charge >= 0.3 is 12.4 Å². The maximum Gasteiger partial charge on any atom is 0.416 e. The molecule has 0 aliphatic carbocycles. The van der Waals surface area contributed by atoms with Gasteiger partial charge in [-0.3, -0.25) is 4.79 Å². The van der Waals surface area contributed by atoms with Crippen molar-refractivity contribution >= 4 is 29.1 Å². The Morgan fingerprint density at radius 1 is 0.667 bits per heavy atom. The molecule has 0 saturated carbocycles. The van der Waals surface area contributed by atoms with E-state index in [-0.39, 0.29) is 29.0 Å². The predicted molar refractivity (Wildman–Crippen MR) is 153 cm³/mol. The maximum atomic E-state index is 13.5. The van der Waals surface area contributed by atoms with E-state index in [1.54, 1.807) is 0 Å². The highest BCUT2D eigenvalue weighted by Gasteiger charge is 2.48. The molecule has 0 spiro atoms. The first-order chi connectivity index (χ1) is 19.3. The van der Waals surface area contributed by atoms with Crippen LogP contribution in [0.25, 0.3) is 0 Å². The highest BCUT2D eigenvalue weighted by Crippen LogP contribution is 2.56. The van der Waals surface area contributed by atoms with E-state index in [2.05, 4.69) is 5.32 Å². The molecule has 0 heterocycles. The zero-order valence-corrected chi connectivity index (χ0v) is 25.2. The van der Waals surface area contributed by atoms with Crippen molar-refractivity contribution in [3.63, 3.8) is 0 Å². The minimum atomic E-state index is -5.05. The van der Waals surface area contributed by atoms with Crippen molar-refractivity contribution < 1.29 is 48.1 Å². The van der Waals surface area contributed by atoms with Gasteiger partial charge in [0.15, 0.2) is 0 Å². The fourth-order valence-corrected chi connectivity index (χ4v) is 9.54. The molecule has 0 aliphatic rings. The molecule has 42 heavy (non-hydrogen) atoms. The molecule has 4 aromatic carbocycles. The first-order valence-electron chi connectivity index (χ1n) is 13.0. The molecule has 222 valence electrons.